The Balaban J connectivity index is 1.73. The van der Waals surface area contributed by atoms with Crippen LogP contribution in [0.3, 0.4) is 0 Å². The van der Waals surface area contributed by atoms with Crippen LogP contribution in [0.1, 0.15) is 50.2 Å². The molecule has 0 aliphatic heterocycles. The fourth-order valence-electron chi connectivity index (χ4n) is 3.41. The summed E-state index contributed by atoms with van der Waals surface area (Å²) in [7, 11) is 0. The van der Waals surface area contributed by atoms with Crippen molar-refractivity contribution in [3.63, 3.8) is 0 Å². The van der Waals surface area contributed by atoms with Crippen molar-refractivity contribution in [2.45, 2.75) is 58.4 Å². The van der Waals surface area contributed by atoms with E-state index in [0.717, 1.165) is 19.5 Å². The molecule has 0 spiro atoms. The van der Waals surface area contributed by atoms with Gasteiger partial charge in [0.05, 0.1) is 6.54 Å². The normalized spacial score (nSPS) is 16.0. The number of benzene rings is 1. The predicted molar refractivity (Wildman–Crippen MR) is 92.0 cm³/mol. The zero-order valence-electron chi connectivity index (χ0n) is 14.1. The van der Waals surface area contributed by atoms with E-state index in [2.05, 4.69) is 48.3 Å². The summed E-state index contributed by atoms with van der Waals surface area (Å²) in [5, 5.41) is 3.08. The zero-order chi connectivity index (χ0) is 15.8. The first-order valence-electron chi connectivity index (χ1n) is 8.76. The number of rotatable bonds is 7. The van der Waals surface area contributed by atoms with Gasteiger partial charge in [-0.1, -0.05) is 50.5 Å². The second-order valence-corrected chi connectivity index (χ2v) is 6.38. The molecule has 1 amide bonds. The predicted octanol–water partition coefficient (Wildman–Crippen LogP) is 3.31. The van der Waals surface area contributed by atoms with Crippen LogP contribution in [0.25, 0.3) is 0 Å². The Morgan fingerprint density at radius 2 is 1.95 bits per heavy atom. The van der Waals surface area contributed by atoms with Gasteiger partial charge >= 0.3 is 0 Å². The Labute approximate surface area is 135 Å². The molecule has 0 saturated heterocycles. The van der Waals surface area contributed by atoms with E-state index in [0.29, 0.717) is 12.6 Å². The molecule has 1 aromatic carbocycles. The average Bonchev–Trinajstić information content (AvgIpc) is 2.55. The first-order chi connectivity index (χ1) is 10.7. The van der Waals surface area contributed by atoms with E-state index in [1.807, 2.05) is 0 Å². The summed E-state index contributed by atoms with van der Waals surface area (Å²) < 4.78 is 0. The van der Waals surface area contributed by atoms with Crippen LogP contribution < -0.4 is 5.32 Å². The van der Waals surface area contributed by atoms with Gasteiger partial charge in [-0.25, -0.2) is 0 Å². The Bertz CT molecular complexity index is 466. The first kappa shape index (κ1) is 17.0. The lowest BCUT2D eigenvalue weighted by Crippen LogP contribution is -2.44. The lowest BCUT2D eigenvalue weighted by atomic mass is 9.94. The highest BCUT2D eigenvalue weighted by Gasteiger charge is 2.21. The minimum absolute atomic E-state index is 0.168. The molecular weight excluding hydrogens is 272 g/mol. The van der Waals surface area contributed by atoms with Crippen molar-refractivity contribution in [1.29, 1.82) is 0 Å². The number of carbonyl (C=O) groups is 1. The van der Waals surface area contributed by atoms with Crippen molar-refractivity contribution in [2.75, 3.05) is 19.6 Å². The Morgan fingerprint density at radius 3 is 2.64 bits per heavy atom. The van der Waals surface area contributed by atoms with Crippen molar-refractivity contribution < 1.29 is 4.79 Å². The monoisotopic (exact) mass is 302 g/mol. The fourth-order valence-corrected chi connectivity index (χ4v) is 3.41. The van der Waals surface area contributed by atoms with Crippen LogP contribution in [-0.2, 0) is 11.2 Å². The molecule has 0 heterocycles. The van der Waals surface area contributed by atoms with Gasteiger partial charge in [-0.15, -0.1) is 0 Å². The Morgan fingerprint density at radius 1 is 1.23 bits per heavy atom. The number of amides is 1. The van der Waals surface area contributed by atoms with E-state index < -0.39 is 0 Å². The van der Waals surface area contributed by atoms with Gasteiger partial charge < -0.3 is 5.32 Å². The molecule has 0 atom stereocenters. The Hall–Kier alpha value is -1.35. The van der Waals surface area contributed by atoms with E-state index in [1.54, 1.807) is 0 Å². The van der Waals surface area contributed by atoms with Gasteiger partial charge in [0.15, 0.2) is 0 Å². The van der Waals surface area contributed by atoms with Gasteiger partial charge in [0.2, 0.25) is 5.91 Å². The number of nitrogens with zero attached hydrogens (tertiary/aromatic N) is 1. The molecule has 1 N–H and O–H groups in total. The molecule has 0 bridgehead atoms. The van der Waals surface area contributed by atoms with Crippen molar-refractivity contribution in [3.05, 3.63) is 35.4 Å². The van der Waals surface area contributed by atoms with Gasteiger partial charge in [-0.05, 0) is 43.9 Å². The third-order valence-electron chi connectivity index (χ3n) is 4.82. The van der Waals surface area contributed by atoms with E-state index in [-0.39, 0.29) is 5.91 Å². The molecule has 0 radical (unpaired) electrons. The molecule has 1 aromatic rings. The maximum atomic E-state index is 12.2. The smallest absolute Gasteiger partial charge is 0.234 e. The minimum Gasteiger partial charge on any atom is -0.355 e. The van der Waals surface area contributed by atoms with Gasteiger partial charge in [0, 0.05) is 12.6 Å². The van der Waals surface area contributed by atoms with E-state index in [9.17, 15) is 4.79 Å². The molecule has 1 aliphatic carbocycles. The zero-order valence-corrected chi connectivity index (χ0v) is 14.1. The lowest BCUT2D eigenvalue weighted by Gasteiger charge is -2.32. The summed E-state index contributed by atoms with van der Waals surface area (Å²) in [5.74, 6) is 0.168. The molecule has 122 valence electrons. The van der Waals surface area contributed by atoms with Crippen LogP contribution in [0.2, 0.25) is 0 Å². The van der Waals surface area contributed by atoms with Crippen molar-refractivity contribution in [3.8, 4) is 0 Å². The molecular formula is C19H30N2O. The van der Waals surface area contributed by atoms with Crippen LogP contribution >= 0.6 is 0 Å². The van der Waals surface area contributed by atoms with Crippen molar-refractivity contribution >= 4 is 5.91 Å². The summed E-state index contributed by atoms with van der Waals surface area (Å²) in [6, 6.07) is 8.99. The van der Waals surface area contributed by atoms with Gasteiger partial charge in [-0.2, -0.15) is 0 Å². The van der Waals surface area contributed by atoms with Gasteiger partial charge in [-0.3, -0.25) is 9.69 Å². The van der Waals surface area contributed by atoms with Crippen molar-refractivity contribution in [2.24, 2.45) is 0 Å². The highest BCUT2D eigenvalue weighted by Crippen LogP contribution is 2.22. The maximum absolute atomic E-state index is 12.2. The van der Waals surface area contributed by atoms with Crippen LogP contribution in [0.5, 0.6) is 0 Å². The molecule has 0 unspecified atom stereocenters. The molecule has 1 fully saturated rings. The van der Waals surface area contributed by atoms with Crippen LogP contribution in [0.15, 0.2) is 24.3 Å². The number of likely N-dealkylation sites (N-methyl/N-ethyl adjacent to an activating group) is 1. The quantitative estimate of drug-likeness (QED) is 0.838. The molecule has 22 heavy (non-hydrogen) atoms. The summed E-state index contributed by atoms with van der Waals surface area (Å²) in [6.07, 6.45) is 7.41. The third-order valence-corrected chi connectivity index (χ3v) is 4.82. The largest absolute Gasteiger partial charge is 0.355 e. The Kier molecular flexibility index (Phi) is 6.91. The summed E-state index contributed by atoms with van der Waals surface area (Å²) >= 11 is 0. The fraction of sp³-hybridized carbons (Fsp3) is 0.632. The molecule has 1 aliphatic rings. The second kappa shape index (κ2) is 8.94. The number of carbonyl (C=O) groups excluding carboxylic acids is 1. The maximum Gasteiger partial charge on any atom is 0.234 e. The lowest BCUT2D eigenvalue weighted by molar-refractivity contribution is -0.122. The van der Waals surface area contributed by atoms with E-state index in [4.69, 9.17) is 0 Å². The molecule has 1 saturated carbocycles. The molecule has 2 rings (SSSR count). The third kappa shape index (κ3) is 5.13. The summed E-state index contributed by atoms with van der Waals surface area (Å²) in [6.45, 7) is 6.53. The van der Waals surface area contributed by atoms with Crippen LogP contribution in [0.4, 0.5) is 0 Å². The minimum atomic E-state index is 0.168. The SMILES string of the molecule is CCN(CC(=O)NCCc1ccccc1C)C1CCCCC1. The standard InChI is InChI=1S/C19H30N2O/c1-3-21(18-11-5-4-6-12-18)15-19(22)20-14-13-17-10-8-7-9-16(17)2/h7-10,18H,3-6,11-15H2,1-2H3,(H,20,22). The molecule has 3 nitrogen and oxygen atoms in total. The number of hydrogen-bond donors (Lipinski definition) is 1. The van der Waals surface area contributed by atoms with E-state index >= 15 is 0 Å². The van der Waals surface area contributed by atoms with Crippen molar-refractivity contribution in [1.82, 2.24) is 10.2 Å². The number of hydrogen-bond acceptors (Lipinski definition) is 2. The second-order valence-electron chi connectivity index (χ2n) is 6.38. The van der Waals surface area contributed by atoms with Crippen LogP contribution in [0, 0.1) is 6.92 Å². The first-order valence-corrected chi connectivity index (χ1v) is 8.76. The number of nitrogens with one attached hydrogen (secondary N) is 1. The topological polar surface area (TPSA) is 32.3 Å². The highest BCUT2D eigenvalue weighted by molar-refractivity contribution is 5.78. The van der Waals surface area contributed by atoms with Gasteiger partial charge in [0.1, 0.15) is 0 Å². The van der Waals surface area contributed by atoms with Gasteiger partial charge in [0.25, 0.3) is 0 Å². The highest BCUT2D eigenvalue weighted by atomic mass is 16.2. The summed E-state index contributed by atoms with van der Waals surface area (Å²) in [5.41, 5.74) is 2.62. The average molecular weight is 302 g/mol. The molecule has 0 aromatic heterocycles. The molecule has 3 heteroatoms. The van der Waals surface area contributed by atoms with Crippen LogP contribution in [-0.4, -0.2) is 36.5 Å². The summed E-state index contributed by atoms with van der Waals surface area (Å²) in [4.78, 5) is 14.5. The number of aryl methyl sites for hydroxylation is 1. The van der Waals surface area contributed by atoms with E-state index in [1.165, 1.54) is 43.2 Å².